The number of rotatable bonds is 0. The first-order valence-electron chi connectivity index (χ1n) is 1.34. The van der Waals surface area contributed by atoms with Gasteiger partial charge in [-0.3, -0.25) is 9.11 Å². The molecule has 4 nitrogen and oxygen atoms in total. The first kappa shape index (κ1) is 15.9. The van der Waals surface area contributed by atoms with Gasteiger partial charge in [-0.1, -0.05) is 0 Å². The van der Waals surface area contributed by atoms with E-state index in [4.69, 9.17) is 18.1 Å². The van der Waals surface area contributed by atoms with Crippen LogP contribution in [-0.4, -0.2) is 19.6 Å². The van der Waals surface area contributed by atoms with Crippen molar-refractivity contribution >= 4 is 17.6 Å². The van der Waals surface area contributed by atoms with Gasteiger partial charge in [0.2, 0.25) is 0 Å². The van der Waals surface area contributed by atoms with E-state index in [-0.39, 0.29) is 31.0 Å². The van der Waals surface area contributed by atoms with Crippen molar-refractivity contribution in [1.29, 1.82) is 0 Å². The zero-order valence-electron chi connectivity index (χ0n) is 5.70. The Bertz CT molecular complexity index is 65.6. The van der Waals surface area contributed by atoms with Crippen molar-refractivity contribution in [3.63, 3.8) is 0 Å². The second kappa shape index (κ2) is 15.6. The minimum Gasteiger partial charge on any atom is -1.00 e. The van der Waals surface area contributed by atoms with E-state index in [1.165, 1.54) is 6.92 Å². The second-order valence-electron chi connectivity index (χ2n) is 0.466. The van der Waals surface area contributed by atoms with Crippen LogP contribution >= 0.6 is 0 Å². The van der Waals surface area contributed by atoms with E-state index in [9.17, 15) is 0 Å². The molecule has 0 saturated carbocycles. The molecular weight excluding hydrogens is 143 g/mol. The van der Waals surface area contributed by atoms with Crippen LogP contribution in [0.1, 0.15) is 8.35 Å². The quantitative estimate of drug-likeness (QED) is 0.219. The molecule has 0 aliphatic rings. The standard InChI is InChI=1S/C2H4O.Na.H2O3S.H/c1-2-3;;1-4(2)3;/h2H,1H3;;(H2,1,2,3);/q;+1;;-1. The van der Waals surface area contributed by atoms with Crippen LogP contribution in [0.3, 0.4) is 0 Å². The molecule has 0 aromatic carbocycles. The summed E-state index contributed by atoms with van der Waals surface area (Å²) in [5, 5.41) is 0. The van der Waals surface area contributed by atoms with Crippen molar-refractivity contribution in [1.82, 2.24) is 0 Å². The Morgan fingerprint density at radius 3 is 1.62 bits per heavy atom. The molecule has 0 amide bonds. The van der Waals surface area contributed by atoms with E-state index in [0.717, 1.165) is 6.29 Å². The minimum absolute atomic E-state index is 0. The predicted molar refractivity (Wildman–Crippen MR) is 26.2 cm³/mol. The second-order valence-corrected chi connectivity index (χ2v) is 0.928. The smallest absolute Gasteiger partial charge is 1.00 e. The Balaban J connectivity index is -0.0000000233. The maximum Gasteiger partial charge on any atom is 1.00 e. The average molecular weight is 150 g/mol. The molecule has 46 valence electrons. The fraction of sp³-hybridized carbons (Fsp3) is 0.500. The number of carbonyl (C=O) groups is 1. The van der Waals surface area contributed by atoms with Crippen LogP contribution in [0.5, 0.6) is 0 Å². The van der Waals surface area contributed by atoms with Gasteiger partial charge in [0.1, 0.15) is 6.29 Å². The molecule has 0 aliphatic heterocycles. The third kappa shape index (κ3) is 406. The van der Waals surface area contributed by atoms with Gasteiger partial charge >= 0.3 is 29.6 Å². The van der Waals surface area contributed by atoms with Gasteiger partial charge in [0.25, 0.3) is 11.4 Å². The SMILES string of the molecule is CC=O.O=S(O)O.[H-].[Na+]. The summed E-state index contributed by atoms with van der Waals surface area (Å²) in [7, 11) is 0. The van der Waals surface area contributed by atoms with Gasteiger partial charge in [-0.2, -0.15) is 4.21 Å². The summed E-state index contributed by atoms with van der Waals surface area (Å²) in [5.41, 5.74) is 0. The van der Waals surface area contributed by atoms with Crippen LogP contribution in [0.15, 0.2) is 0 Å². The fourth-order valence-electron chi connectivity index (χ4n) is 0. The maximum absolute atomic E-state index is 8.81. The van der Waals surface area contributed by atoms with Gasteiger partial charge in [-0.05, 0) is 6.92 Å². The molecule has 8 heavy (non-hydrogen) atoms. The van der Waals surface area contributed by atoms with Crippen molar-refractivity contribution in [2.75, 3.05) is 0 Å². The summed E-state index contributed by atoms with van der Waals surface area (Å²) >= 11 is -2.61. The van der Waals surface area contributed by atoms with Gasteiger partial charge in [0.05, 0.1) is 0 Å². The molecule has 2 N–H and O–H groups in total. The third-order valence-electron chi connectivity index (χ3n) is 0. The Hall–Kier alpha value is 0.740. The van der Waals surface area contributed by atoms with E-state index < -0.39 is 11.4 Å². The largest absolute Gasteiger partial charge is 1.00 e. The molecule has 6 heteroatoms. The van der Waals surface area contributed by atoms with Gasteiger partial charge in [-0.15, -0.1) is 0 Å². The summed E-state index contributed by atoms with van der Waals surface area (Å²) in [6, 6.07) is 0. The van der Waals surface area contributed by atoms with Crippen molar-refractivity contribution in [3.8, 4) is 0 Å². The molecule has 0 aromatic heterocycles. The molecule has 0 aliphatic carbocycles. The number of hydrogen-bond acceptors (Lipinski definition) is 2. The zero-order chi connectivity index (χ0) is 6.28. The van der Waals surface area contributed by atoms with Crippen LogP contribution in [0.25, 0.3) is 0 Å². The molecule has 0 atom stereocenters. The zero-order valence-corrected chi connectivity index (χ0v) is 7.51. The van der Waals surface area contributed by atoms with Crippen molar-refractivity contribution in [3.05, 3.63) is 0 Å². The minimum atomic E-state index is -2.61. The molecule has 0 radical (unpaired) electrons. The van der Waals surface area contributed by atoms with Crippen LogP contribution in [0, 0.1) is 0 Å². The molecule has 0 fully saturated rings. The van der Waals surface area contributed by atoms with Crippen molar-refractivity contribution in [2.24, 2.45) is 0 Å². The molecule has 0 saturated heterocycles. The van der Waals surface area contributed by atoms with Crippen molar-refractivity contribution < 1.29 is 49.1 Å². The Labute approximate surface area is 73.6 Å². The van der Waals surface area contributed by atoms with Gasteiger partial charge < -0.3 is 6.22 Å². The van der Waals surface area contributed by atoms with Gasteiger partial charge in [0.15, 0.2) is 0 Å². The van der Waals surface area contributed by atoms with E-state index >= 15 is 0 Å². The number of hydrogen-bond donors (Lipinski definition) is 2. The summed E-state index contributed by atoms with van der Waals surface area (Å²) in [4.78, 5) is 8.81. The van der Waals surface area contributed by atoms with E-state index in [2.05, 4.69) is 0 Å². The fourth-order valence-corrected chi connectivity index (χ4v) is 0. The number of carbonyl (C=O) groups excluding carboxylic acids is 1. The van der Waals surface area contributed by atoms with E-state index in [1.807, 2.05) is 0 Å². The molecule has 0 heterocycles. The maximum atomic E-state index is 8.81. The molecule has 0 spiro atoms. The van der Waals surface area contributed by atoms with Crippen LogP contribution in [0.2, 0.25) is 0 Å². The van der Waals surface area contributed by atoms with Crippen LogP contribution in [0.4, 0.5) is 0 Å². The molecule has 0 bridgehead atoms. The van der Waals surface area contributed by atoms with E-state index in [1.54, 1.807) is 0 Å². The first-order chi connectivity index (χ1) is 3.15. The number of aldehydes is 1. The van der Waals surface area contributed by atoms with Gasteiger partial charge in [-0.25, -0.2) is 0 Å². The van der Waals surface area contributed by atoms with Crippen LogP contribution in [-0.2, 0) is 16.2 Å². The molecule has 0 rings (SSSR count). The van der Waals surface area contributed by atoms with Gasteiger partial charge in [0, 0.05) is 0 Å². The monoisotopic (exact) mass is 150 g/mol. The summed E-state index contributed by atoms with van der Waals surface area (Å²) in [6.45, 7) is 1.44. The Morgan fingerprint density at radius 1 is 1.62 bits per heavy atom. The molecule has 0 aromatic rings. The molecule has 0 unspecified atom stereocenters. The summed E-state index contributed by atoms with van der Waals surface area (Å²) in [5.74, 6) is 0. The molecular formula is C2H7NaO4S. The van der Waals surface area contributed by atoms with Crippen molar-refractivity contribution in [2.45, 2.75) is 6.92 Å². The Kier molecular flexibility index (Phi) is 31.1. The Morgan fingerprint density at radius 2 is 1.62 bits per heavy atom. The predicted octanol–water partition coefficient (Wildman–Crippen LogP) is -3.00. The summed E-state index contributed by atoms with van der Waals surface area (Å²) < 4.78 is 22.8. The average Bonchev–Trinajstić information content (AvgIpc) is 1.33. The first-order valence-corrected chi connectivity index (χ1v) is 2.41. The topological polar surface area (TPSA) is 74.6 Å². The normalized spacial score (nSPS) is 6.00. The third-order valence-corrected chi connectivity index (χ3v) is 0. The van der Waals surface area contributed by atoms with E-state index in [0.29, 0.717) is 0 Å². The summed E-state index contributed by atoms with van der Waals surface area (Å²) in [6.07, 6.45) is 0.750. The van der Waals surface area contributed by atoms with Crippen LogP contribution < -0.4 is 29.6 Å².